The predicted octanol–water partition coefficient (Wildman–Crippen LogP) is 8.18. The third kappa shape index (κ3) is 4.68. The maximum atomic E-state index is 5.98. The van der Waals surface area contributed by atoms with Gasteiger partial charge in [-0.25, -0.2) is 0 Å². The van der Waals surface area contributed by atoms with Crippen LogP contribution in [0.4, 0.5) is 5.69 Å². The van der Waals surface area contributed by atoms with E-state index in [0.717, 1.165) is 29.1 Å². The van der Waals surface area contributed by atoms with E-state index in [-0.39, 0.29) is 22.2 Å². The van der Waals surface area contributed by atoms with Crippen molar-refractivity contribution in [3.63, 3.8) is 0 Å². The van der Waals surface area contributed by atoms with Crippen LogP contribution < -0.4 is 14.8 Å². The van der Waals surface area contributed by atoms with E-state index in [2.05, 4.69) is 107 Å². The molecule has 2 aliphatic heterocycles. The number of rotatable bonds is 0. The van der Waals surface area contributed by atoms with E-state index in [1.807, 2.05) is 13.8 Å². The third-order valence-corrected chi connectivity index (χ3v) is 6.94. The van der Waals surface area contributed by atoms with Crippen LogP contribution in [0, 0.1) is 0 Å². The Hall–Kier alpha value is -3.08. The molecule has 2 aromatic heterocycles. The highest BCUT2D eigenvalue weighted by Gasteiger charge is 2.31. The van der Waals surface area contributed by atoms with E-state index < -0.39 is 0 Å². The van der Waals surface area contributed by atoms with Crippen LogP contribution in [0.15, 0.2) is 36.4 Å². The van der Waals surface area contributed by atoms with E-state index in [4.69, 9.17) is 9.47 Å². The molecule has 0 radical (unpaired) electrons. The maximum absolute atomic E-state index is 5.98. The summed E-state index contributed by atoms with van der Waals surface area (Å²) in [5.41, 5.74) is 7.16. The molecule has 0 atom stereocenters. The average molecular weight is 488 g/mol. The number of nitrogens with one attached hydrogen (secondary N) is 3. The van der Waals surface area contributed by atoms with Crippen LogP contribution in [0.25, 0.3) is 21.8 Å². The van der Waals surface area contributed by atoms with Crippen LogP contribution in [0.2, 0.25) is 0 Å². The molecule has 6 rings (SSSR count). The van der Waals surface area contributed by atoms with Crippen molar-refractivity contribution in [3.8, 4) is 11.5 Å². The lowest BCUT2D eigenvalue weighted by molar-refractivity contribution is 0.138. The van der Waals surface area contributed by atoms with Crippen molar-refractivity contribution in [1.82, 2.24) is 9.97 Å². The Morgan fingerprint density at radius 3 is 1.75 bits per heavy atom. The fourth-order valence-corrected chi connectivity index (χ4v) is 5.01. The molecule has 0 bridgehead atoms. The Morgan fingerprint density at radius 2 is 1.19 bits per heavy atom. The Labute approximate surface area is 215 Å². The predicted molar refractivity (Wildman–Crippen MR) is 151 cm³/mol. The molecule has 192 valence electrons. The van der Waals surface area contributed by atoms with Crippen LogP contribution >= 0.6 is 0 Å². The minimum atomic E-state index is -0.312. The quantitative estimate of drug-likeness (QED) is 0.234. The van der Waals surface area contributed by atoms with Crippen molar-refractivity contribution in [2.45, 2.75) is 97.8 Å². The zero-order valence-electron chi connectivity index (χ0n) is 23.5. The molecule has 0 fully saturated rings. The van der Waals surface area contributed by atoms with Gasteiger partial charge in [0.1, 0.15) is 17.1 Å². The summed E-state index contributed by atoms with van der Waals surface area (Å²) < 4.78 is 11.8. The molecule has 0 spiro atoms. The third-order valence-electron chi connectivity index (χ3n) is 6.94. The second-order valence-electron chi connectivity index (χ2n) is 13.6. The smallest absolute Gasteiger partial charge is 0.175 e. The molecule has 5 nitrogen and oxygen atoms in total. The largest absolute Gasteiger partial charge is 0.487 e. The van der Waals surface area contributed by atoms with Crippen molar-refractivity contribution in [3.05, 3.63) is 53.3 Å². The van der Waals surface area contributed by atoms with Gasteiger partial charge in [0.15, 0.2) is 5.72 Å². The summed E-state index contributed by atoms with van der Waals surface area (Å²) in [6.45, 7) is 21.7. The van der Waals surface area contributed by atoms with Crippen molar-refractivity contribution >= 4 is 27.5 Å². The van der Waals surface area contributed by atoms with E-state index in [1.54, 1.807) is 0 Å². The van der Waals surface area contributed by atoms with E-state index >= 15 is 0 Å². The van der Waals surface area contributed by atoms with Gasteiger partial charge >= 0.3 is 0 Å². The zero-order chi connectivity index (χ0) is 26.3. The fraction of sp³-hybridized carbons (Fsp3) is 0.484. The van der Waals surface area contributed by atoms with Gasteiger partial charge in [0.2, 0.25) is 0 Å². The van der Waals surface area contributed by atoms with E-state index in [0.29, 0.717) is 0 Å². The van der Waals surface area contributed by atoms with Crippen LogP contribution in [-0.4, -0.2) is 21.3 Å². The monoisotopic (exact) mass is 487 g/mol. The number of aromatic amines is 2. The van der Waals surface area contributed by atoms with Crippen molar-refractivity contribution < 1.29 is 9.47 Å². The van der Waals surface area contributed by atoms with Gasteiger partial charge < -0.3 is 24.8 Å². The Morgan fingerprint density at radius 1 is 0.667 bits per heavy atom. The second-order valence-corrected chi connectivity index (χ2v) is 13.6. The van der Waals surface area contributed by atoms with Gasteiger partial charge in [-0.1, -0.05) is 41.5 Å². The molecule has 0 saturated heterocycles. The van der Waals surface area contributed by atoms with Crippen LogP contribution in [0.3, 0.4) is 0 Å². The highest BCUT2D eigenvalue weighted by molar-refractivity contribution is 5.88. The lowest BCUT2D eigenvalue weighted by Crippen LogP contribution is -2.31. The summed E-state index contributed by atoms with van der Waals surface area (Å²) in [7, 11) is 0. The van der Waals surface area contributed by atoms with Gasteiger partial charge in [-0.15, -0.1) is 0 Å². The zero-order valence-corrected chi connectivity index (χ0v) is 23.5. The van der Waals surface area contributed by atoms with Gasteiger partial charge in [-0.2, -0.15) is 0 Å². The standard InChI is InChI=1S/C16H21NO.C15H20N2O/c1-15(2,3)14-7-10-6-11-9-16(4,5)18-13(11)8-12(10)17-14;1-14(2,3)13-7-9-6-11-12(8-10(9)16-13)18-15(4,5)17-11/h6-8,17H,9H2,1-5H3;6-8,16-17H,1-5H3. The summed E-state index contributed by atoms with van der Waals surface area (Å²) in [5, 5.41) is 5.90. The molecule has 5 heteroatoms. The topological polar surface area (TPSA) is 62.1 Å². The van der Waals surface area contributed by atoms with E-state index in [1.165, 1.54) is 33.2 Å². The number of aromatic nitrogens is 2. The highest BCUT2D eigenvalue weighted by atomic mass is 16.5. The summed E-state index contributed by atoms with van der Waals surface area (Å²) >= 11 is 0. The first-order chi connectivity index (χ1) is 16.5. The Balaban J connectivity index is 0.000000148. The summed E-state index contributed by atoms with van der Waals surface area (Å²) in [6, 6.07) is 13.1. The first kappa shape index (κ1) is 24.6. The summed E-state index contributed by atoms with van der Waals surface area (Å²) in [6.07, 6.45) is 0.994. The van der Waals surface area contributed by atoms with Gasteiger partial charge in [0.05, 0.1) is 5.69 Å². The second kappa shape index (κ2) is 7.71. The number of hydrogen-bond donors (Lipinski definition) is 3. The minimum Gasteiger partial charge on any atom is -0.487 e. The number of hydrogen-bond acceptors (Lipinski definition) is 3. The molecular formula is C31H41N3O2. The van der Waals surface area contributed by atoms with Crippen LogP contribution in [-0.2, 0) is 17.3 Å². The van der Waals surface area contributed by atoms with Gasteiger partial charge in [0, 0.05) is 62.6 Å². The molecule has 3 N–H and O–H groups in total. The molecule has 36 heavy (non-hydrogen) atoms. The SMILES string of the molecule is CC1(C)Cc2cc3cc(C(C)(C)C)[nH]c3cc2O1.CC1(C)Nc2cc3cc(C(C)(C)C)[nH]c3cc2O1. The van der Waals surface area contributed by atoms with Gasteiger partial charge in [-0.3, -0.25) is 0 Å². The molecule has 2 aromatic carbocycles. The van der Waals surface area contributed by atoms with Gasteiger partial charge in [-0.05, 0) is 57.5 Å². The fourth-order valence-electron chi connectivity index (χ4n) is 5.01. The highest BCUT2D eigenvalue weighted by Crippen LogP contribution is 2.41. The van der Waals surface area contributed by atoms with E-state index in [9.17, 15) is 0 Å². The summed E-state index contributed by atoms with van der Waals surface area (Å²) in [4.78, 5) is 7.00. The van der Waals surface area contributed by atoms with Crippen molar-refractivity contribution in [2.75, 3.05) is 5.32 Å². The van der Waals surface area contributed by atoms with Crippen molar-refractivity contribution in [2.24, 2.45) is 0 Å². The molecule has 0 unspecified atom stereocenters. The lowest BCUT2D eigenvalue weighted by Gasteiger charge is -2.17. The number of H-pyrrole nitrogens is 2. The number of ether oxygens (including phenoxy) is 2. The summed E-state index contributed by atoms with van der Waals surface area (Å²) in [5.74, 6) is 1.96. The molecule has 0 saturated carbocycles. The first-order valence-corrected chi connectivity index (χ1v) is 13.0. The Bertz CT molecular complexity index is 1250. The number of benzene rings is 2. The molecule has 4 heterocycles. The molecule has 2 aliphatic rings. The minimum absolute atomic E-state index is 0.0615. The Kier molecular flexibility index (Phi) is 5.27. The normalized spacial score (nSPS) is 17.6. The maximum Gasteiger partial charge on any atom is 0.175 e. The number of anilines is 1. The van der Waals surface area contributed by atoms with Crippen LogP contribution in [0.1, 0.15) is 86.2 Å². The molecule has 4 aromatic rings. The number of fused-ring (bicyclic) bond motifs is 4. The molecule has 0 aliphatic carbocycles. The average Bonchev–Trinajstić information content (AvgIpc) is 3.43. The molecular weight excluding hydrogens is 446 g/mol. The van der Waals surface area contributed by atoms with Crippen molar-refractivity contribution in [1.29, 1.82) is 0 Å². The lowest BCUT2D eigenvalue weighted by atomic mass is 9.92. The first-order valence-electron chi connectivity index (χ1n) is 13.0. The van der Waals surface area contributed by atoms with Crippen LogP contribution in [0.5, 0.6) is 11.5 Å². The molecule has 0 amide bonds. The van der Waals surface area contributed by atoms with Gasteiger partial charge in [0.25, 0.3) is 0 Å².